The first kappa shape index (κ1) is 15.1. The molecule has 3 heterocycles. The fraction of sp³-hybridized carbons (Fsp3) is 0.300. The van der Waals surface area contributed by atoms with Crippen LogP contribution in [-0.4, -0.2) is 29.1 Å². The number of benzene rings is 1. The third-order valence-electron chi connectivity index (χ3n) is 4.65. The van der Waals surface area contributed by atoms with Crippen molar-refractivity contribution in [2.45, 2.75) is 25.9 Å². The largest absolute Gasteiger partial charge is 0.355 e. The number of rotatable bonds is 4. The van der Waals surface area contributed by atoms with Gasteiger partial charge in [0.05, 0.1) is 5.52 Å². The molecule has 0 unspecified atom stereocenters. The smallest absolute Gasteiger partial charge is 0.128 e. The summed E-state index contributed by atoms with van der Waals surface area (Å²) in [5, 5.41) is 4.89. The summed E-state index contributed by atoms with van der Waals surface area (Å²) in [7, 11) is 0. The molecule has 0 amide bonds. The number of aryl methyl sites for hydroxylation is 1. The summed E-state index contributed by atoms with van der Waals surface area (Å²) in [4.78, 5) is 11.4. The summed E-state index contributed by atoms with van der Waals surface area (Å²) in [6.07, 6.45) is 3.02. The molecule has 0 aliphatic carbocycles. The van der Waals surface area contributed by atoms with Gasteiger partial charge in [0, 0.05) is 43.0 Å². The molecule has 1 aromatic carbocycles. The van der Waals surface area contributed by atoms with Crippen LogP contribution in [0.15, 0.2) is 54.7 Å². The van der Waals surface area contributed by atoms with Gasteiger partial charge < -0.3 is 10.2 Å². The second-order valence-electron chi connectivity index (χ2n) is 6.48. The standard InChI is InChI=1S/C20H22N4/c1-15-5-7-17-12-16(6-8-19(17)23-15)13-22-18-9-11-24(14-18)20-4-2-3-10-21-20/h2-8,10,12,18,22H,9,11,13-14H2,1H3/t18-/m0/s1. The van der Waals surface area contributed by atoms with Crippen molar-refractivity contribution in [1.29, 1.82) is 0 Å². The summed E-state index contributed by atoms with van der Waals surface area (Å²) in [6.45, 7) is 5.01. The third-order valence-corrected chi connectivity index (χ3v) is 4.65. The van der Waals surface area contributed by atoms with E-state index in [4.69, 9.17) is 0 Å². The van der Waals surface area contributed by atoms with E-state index >= 15 is 0 Å². The molecule has 2 aromatic heterocycles. The maximum absolute atomic E-state index is 4.56. The molecule has 0 spiro atoms. The van der Waals surface area contributed by atoms with Crippen molar-refractivity contribution in [2.75, 3.05) is 18.0 Å². The number of aromatic nitrogens is 2. The third kappa shape index (κ3) is 3.24. The Hall–Kier alpha value is -2.46. The minimum atomic E-state index is 0.513. The zero-order valence-corrected chi connectivity index (χ0v) is 13.9. The summed E-state index contributed by atoms with van der Waals surface area (Å²) < 4.78 is 0. The van der Waals surface area contributed by atoms with Gasteiger partial charge in [0.1, 0.15) is 5.82 Å². The number of anilines is 1. The summed E-state index contributed by atoms with van der Waals surface area (Å²) in [6, 6.07) is 17.4. The first-order valence-corrected chi connectivity index (χ1v) is 8.53. The van der Waals surface area contributed by atoms with Crippen molar-refractivity contribution < 1.29 is 0 Å². The average molecular weight is 318 g/mol. The van der Waals surface area contributed by atoms with Crippen LogP contribution in [-0.2, 0) is 6.54 Å². The Labute approximate surface area is 142 Å². The van der Waals surface area contributed by atoms with E-state index in [1.807, 2.05) is 25.3 Å². The molecule has 1 atom stereocenters. The van der Waals surface area contributed by atoms with Gasteiger partial charge in [-0.2, -0.15) is 0 Å². The van der Waals surface area contributed by atoms with E-state index in [0.717, 1.165) is 43.1 Å². The first-order chi connectivity index (χ1) is 11.8. The van der Waals surface area contributed by atoms with Gasteiger partial charge in [-0.15, -0.1) is 0 Å². The van der Waals surface area contributed by atoms with Crippen LogP contribution in [0.1, 0.15) is 17.7 Å². The fourth-order valence-corrected chi connectivity index (χ4v) is 3.32. The molecular formula is C20H22N4. The zero-order valence-electron chi connectivity index (χ0n) is 13.9. The molecule has 4 heteroatoms. The van der Waals surface area contributed by atoms with Gasteiger partial charge in [-0.25, -0.2) is 4.98 Å². The lowest BCUT2D eigenvalue weighted by Gasteiger charge is -2.17. The quantitative estimate of drug-likeness (QED) is 0.801. The molecule has 122 valence electrons. The Kier molecular flexibility index (Phi) is 4.13. The van der Waals surface area contributed by atoms with E-state index < -0.39 is 0 Å². The number of pyridine rings is 2. The van der Waals surface area contributed by atoms with Crippen LogP contribution in [0.4, 0.5) is 5.82 Å². The minimum absolute atomic E-state index is 0.513. The molecule has 0 radical (unpaired) electrons. The van der Waals surface area contributed by atoms with Crippen LogP contribution in [0.5, 0.6) is 0 Å². The summed E-state index contributed by atoms with van der Waals surface area (Å²) in [5.41, 5.74) is 3.44. The van der Waals surface area contributed by atoms with E-state index in [1.54, 1.807) is 0 Å². The van der Waals surface area contributed by atoms with Crippen LogP contribution >= 0.6 is 0 Å². The van der Waals surface area contributed by atoms with Gasteiger partial charge in [0.25, 0.3) is 0 Å². The molecule has 24 heavy (non-hydrogen) atoms. The SMILES string of the molecule is Cc1ccc2cc(CN[C@H]3CCN(c4ccccn4)C3)ccc2n1. The Morgan fingerprint density at radius 1 is 1.17 bits per heavy atom. The maximum Gasteiger partial charge on any atom is 0.128 e. The predicted octanol–water partition coefficient (Wildman–Crippen LogP) is 3.31. The average Bonchev–Trinajstić information content (AvgIpc) is 3.10. The van der Waals surface area contributed by atoms with E-state index in [-0.39, 0.29) is 0 Å². The highest BCUT2D eigenvalue weighted by Gasteiger charge is 2.22. The van der Waals surface area contributed by atoms with Crippen LogP contribution in [0.25, 0.3) is 10.9 Å². The molecular weight excluding hydrogens is 296 g/mol. The lowest BCUT2D eigenvalue weighted by atomic mass is 10.1. The summed E-state index contributed by atoms with van der Waals surface area (Å²) in [5.74, 6) is 1.08. The van der Waals surface area contributed by atoms with Crippen molar-refractivity contribution in [3.63, 3.8) is 0 Å². The number of hydrogen-bond donors (Lipinski definition) is 1. The molecule has 0 saturated carbocycles. The maximum atomic E-state index is 4.56. The Bertz CT molecular complexity index is 831. The van der Waals surface area contributed by atoms with Crippen LogP contribution in [0.3, 0.4) is 0 Å². The van der Waals surface area contributed by atoms with E-state index in [9.17, 15) is 0 Å². The molecule has 1 aliphatic rings. The predicted molar refractivity (Wildman–Crippen MR) is 98.2 cm³/mol. The molecule has 3 aromatic rings. The van der Waals surface area contributed by atoms with Crippen molar-refractivity contribution in [1.82, 2.24) is 15.3 Å². The van der Waals surface area contributed by atoms with Gasteiger partial charge >= 0.3 is 0 Å². The number of hydrogen-bond acceptors (Lipinski definition) is 4. The normalized spacial score (nSPS) is 17.5. The first-order valence-electron chi connectivity index (χ1n) is 8.53. The number of nitrogens with zero attached hydrogens (tertiary/aromatic N) is 3. The van der Waals surface area contributed by atoms with E-state index in [1.165, 1.54) is 10.9 Å². The van der Waals surface area contributed by atoms with Crippen molar-refractivity contribution in [3.05, 3.63) is 66.0 Å². The monoisotopic (exact) mass is 318 g/mol. The lowest BCUT2D eigenvalue weighted by Crippen LogP contribution is -2.32. The van der Waals surface area contributed by atoms with E-state index in [2.05, 4.69) is 56.6 Å². The van der Waals surface area contributed by atoms with Crippen molar-refractivity contribution in [2.24, 2.45) is 0 Å². The second-order valence-corrected chi connectivity index (χ2v) is 6.48. The molecule has 4 rings (SSSR count). The molecule has 1 aliphatic heterocycles. The molecule has 1 N–H and O–H groups in total. The zero-order chi connectivity index (χ0) is 16.4. The molecule has 1 saturated heterocycles. The lowest BCUT2D eigenvalue weighted by molar-refractivity contribution is 0.551. The van der Waals surface area contributed by atoms with Gasteiger partial charge in [-0.1, -0.05) is 18.2 Å². The Morgan fingerprint density at radius 2 is 2.12 bits per heavy atom. The second kappa shape index (κ2) is 6.57. The van der Waals surface area contributed by atoms with Crippen LogP contribution < -0.4 is 10.2 Å². The molecule has 4 nitrogen and oxygen atoms in total. The fourth-order valence-electron chi connectivity index (χ4n) is 3.32. The van der Waals surface area contributed by atoms with Crippen molar-refractivity contribution >= 4 is 16.7 Å². The highest BCUT2D eigenvalue weighted by Crippen LogP contribution is 2.18. The highest BCUT2D eigenvalue weighted by atomic mass is 15.2. The minimum Gasteiger partial charge on any atom is -0.355 e. The molecule has 1 fully saturated rings. The van der Waals surface area contributed by atoms with Gasteiger partial charge in [0.2, 0.25) is 0 Å². The Balaban J connectivity index is 1.38. The van der Waals surface area contributed by atoms with E-state index in [0.29, 0.717) is 6.04 Å². The van der Waals surface area contributed by atoms with Gasteiger partial charge in [-0.05, 0) is 49.2 Å². The number of nitrogens with one attached hydrogen (secondary N) is 1. The number of fused-ring (bicyclic) bond motifs is 1. The van der Waals surface area contributed by atoms with Gasteiger partial charge in [-0.3, -0.25) is 4.98 Å². The van der Waals surface area contributed by atoms with Crippen LogP contribution in [0.2, 0.25) is 0 Å². The highest BCUT2D eigenvalue weighted by molar-refractivity contribution is 5.79. The topological polar surface area (TPSA) is 41.0 Å². The molecule has 0 bridgehead atoms. The van der Waals surface area contributed by atoms with Crippen molar-refractivity contribution in [3.8, 4) is 0 Å². The van der Waals surface area contributed by atoms with Gasteiger partial charge in [0.15, 0.2) is 0 Å². The van der Waals surface area contributed by atoms with Crippen LogP contribution in [0, 0.1) is 6.92 Å². The Morgan fingerprint density at radius 3 is 3.00 bits per heavy atom. The summed E-state index contributed by atoms with van der Waals surface area (Å²) >= 11 is 0.